The first-order valence-electron chi connectivity index (χ1n) is 10.7. The lowest BCUT2D eigenvalue weighted by Gasteiger charge is -2.25. The second kappa shape index (κ2) is 15.7. The van der Waals surface area contributed by atoms with Gasteiger partial charge in [0.2, 0.25) is 11.8 Å². The van der Waals surface area contributed by atoms with Crippen LogP contribution in [-0.2, 0) is 27.3 Å². The van der Waals surface area contributed by atoms with Gasteiger partial charge >= 0.3 is 5.97 Å². The van der Waals surface area contributed by atoms with E-state index in [9.17, 15) is 14.4 Å². The molecule has 2 aromatic rings. The van der Waals surface area contributed by atoms with Crippen LogP contribution >= 0.6 is 24.8 Å². The number of amidine groups is 1. The van der Waals surface area contributed by atoms with Gasteiger partial charge in [0.15, 0.2) is 0 Å². The van der Waals surface area contributed by atoms with E-state index in [2.05, 4.69) is 16.0 Å². The fourth-order valence-electron chi connectivity index (χ4n) is 3.26. The second-order valence-corrected chi connectivity index (χ2v) is 8.08. The molecular formula is C24H33Cl2N5O4. The number of benzene rings is 2. The van der Waals surface area contributed by atoms with Crippen LogP contribution in [0.1, 0.15) is 30.5 Å². The number of carboxylic acid groups (broad SMARTS) is 1. The summed E-state index contributed by atoms with van der Waals surface area (Å²) in [6.45, 7) is 3.48. The highest BCUT2D eigenvalue weighted by molar-refractivity contribution is 5.95. The van der Waals surface area contributed by atoms with Crippen molar-refractivity contribution in [2.45, 2.75) is 38.9 Å². The molecule has 9 nitrogen and oxygen atoms in total. The van der Waals surface area contributed by atoms with Gasteiger partial charge in [0.1, 0.15) is 11.9 Å². The van der Waals surface area contributed by atoms with E-state index in [1.165, 1.54) is 0 Å². The van der Waals surface area contributed by atoms with E-state index in [-0.39, 0.29) is 62.0 Å². The molecule has 0 saturated carbocycles. The number of carbonyl (C=O) groups is 3. The van der Waals surface area contributed by atoms with Crippen molar-refractivity contribution in [1.29, 1.82) is 5.41 Å². The van der Waals surface area contributed by atoms with Crippen LogP contribution in [0.3, 0.4) is 0 Å². The van der Waals surface area contributed by atoms with Gasteiger partial charge in [-0.05, 0) is 17.0 Å². The second-order valence-electron chi connectivity index (χ2n) is 8.08. The Hall–Kier alpha value is -3.14. The minimum Gasteiger partial charge on any atom is -0.480 e. The molecule has 7 N–H and O–H groups in total. The van der Waals surface area contributed by atoms with Gasteiger partial charge in [-0.25, -0.2) is 0 Å². The molecule has 0 aliphatic carbocycles. The number of hydrogen-bond donors (Lipinski definition) is 6. The summed E-state index contributed by atoms with van der Waals surface area (Å²) in [6.07, 6.45) is 0.283. The molecule has 11 heteroatoms. The summed E-state index contributed by atoms with van der Waals surface area (Å²) >= 11 is 0. The molecule has 2 aromatic carbocycles. The number of hydrogen-bond acceptors (Lipinski definition) is 5. The number of aliphatic carboxylic acids is 1. The molecule has 0 aliphatic rings. The van der Waals surface area contributed by atoms with Crippen LogP contribution in [-0.4, -0.2) is 47.4 Å². The Morgan fingerprint density at radius 3 is 2.06 bits per heavy atom. The number of carbonyl (C=O) groups excluding carboxylic acids is 2. The van der Waals surface area contributed by atoms with E-state index >= 15 is 0 Å². The molecule has 0 heterocycles. The number of carboxylic acids is 1. The molecule has 192 valence electrons. The van der Waals surface area contributed by atoms with Gasteiger partial charge in [-0.2, -0.15) is 0 Å². The highest BCUT2D eigenvalue weighted by Crippen LogP contribution is 2.08. The summed E-state index contributed by atoms with van der Waals surface area (Å²) in [7, 11) is 0. The highest BCUT2D eigenvalue weighted by atomic mass is 35.5. The molecule has 35 heavy (non-hydrogen) atoms. The fourth-order valence-corrected chi connectivity index (χ4v) is 3.26. The average molecular weight is 526 g/mol. The van der Waals surface area contributed by atoms with Gasteiger partial charge in [0, 0.05) is 18.5 Å². The molecule has 0 fully saturated rings. The Morgan fingerprint density at radius 2 is 1.54 bits per heavy atom. The lowest BCUT2D eigenvalue weighted by atomic mass is 10.0. The van der Waals surface area contributed by atoms with Crippen LogP contribution in [0.4, 0.5) is 0 Å². The zero-order valence-corrected chi connectivity index (χ0v) is 21.2. The summed E-state index contributed by atoms with van der Waals surface area (Å²) in [5.74, 6) is -2.07. The third-order valence-electron chi connectivity index (χ3n) is 5.07. The van der Waals surface area contributed by atoms with Crippen LogP contribution in [0.15, 0.2) is 54.6 Å². The topological polar surface area (TPSA) is 157 Å². The van der Waals surface area contributed by atoms with Crippen molar-refractivity contribution in [1.82, 2.24) is 16.0 Å². The number of nitrogen functional groups attached to an aromatic ring is 1. The Balaban J connectivity index is 0.00000578. The maximum atomic E-state index is 13.0. The Bertz CT molecular complexity index is 972. The predicted octanol–water partition coefficient (Wildman–Crippen LogP) is 1.86. The molecule has 0 aliphatic heterocycles. The Labute approximate surface area is 217 Å². The molecule has 0 bridgehead atoms. The minimum atomic E-state index is -1.07. The number of halogens is 2. The van der Waals surface area contributed by atoms with E-state index in [1.54, 1.807) is 38.1 Å². The van der Waals surface area contributed by atoms with Crippen molar-refractivity contribution in [2.75, 3.05) is 6.54 Å². The molecule has 0 unspecified atom stereocenters. The average Bonchev–Trinajstić information content (AvgIpc) is 2.77. The number of nitrogens with one attached hydrogen (secondary N) is 4. The van der Waals surface area contributed by atoms with Gasteiger partial charge in [0.25, 0.3) is 0 Å². The van der Waals surface area contributed by atoms with E-state index in [1.807, 2.05) is 30.3 Å². The summed E-state index contributed by atoms with van der Waals surface area (Å²) in [6, 6.07) is 14.7. The normalized spacial score (nSPS) is 11.9. The first-order valence-corrected chi connectivity index (χ1v) is 10.7. The molecule has 2 atom stereocenters. The van der Waals surface area contributed by atoms with Crippen molar-refractivity contribution < 1.29 is 19.5 Å². The molecular weight excluding hydrogens is 493 g/mol. The van der Waals surface area contributed by atoms with E-state index in [0.717, 1.165) is 11.1 Å². The summed E-state index contributed by atoms with van der Waals surface area (Å²) < 4.78 is 0. The van der Waals surface area contributed by atoms with Crippen LogP contribution in [0, 0.1) is 11.3 Å². The highest BCUT2D eigenvalue weighted by Gasteiger charge is 2.28. The molecule has 0 spiro atoms. The molecule has 2 rings (SSSR count). The SMILES string of the molecule is CC(C)[C@@H](NCC(=O)O)C(=O)N[C@@H](Cc1ccccc1)C(=O)NCc1ccc(C(=N)N)cc1.Cl.Cl. The van der Waals surface area contributed by atoms with Crippen molar-refractivity contribution in [3.05, 3.63) is 71.3 Å². The first-order chi connectivity index (χ1) is 15.7. The van der Waals surface area contributed by atoms with Gasteiger partial charge in [0.05, 0.1) is 12.6 Å². The van der Waals surface area contributed by atoms with E-state index in [4.69, 9.17) is 16.2 Å². The largest absolute Gasteiger partial charge is 0.480 e. The predicted molar refractivity (Wildman–Crippen MR) is 140 cm³/mol. The first kappa shape index (κ1) is 31.9. The minimum absolute atomic E-state index is 0. The molecule has 2 amide bonds. The maximum Gasteiger partial charge on any atom is 0.317 e. The third-order valence-corrected chi connectivity index (χ3v) is 5.07. The number of amides is 2. The number of nitrogens with two attached hydrogens (primary N) is 1. The molecule has 0 radical (unpaired) electrons. The van der Waals surface area contributed by atoms with Gasteiger partial charge in [-0.15, -0.1) is 24.8 Å². The maximum absolute atomic E-state index is 13.0. The van der Waals surface area contributed by atoms with Crippen molar-refractivity contribution in [3.63, 3.8) is 0 Å². The van der Waals surface area contributed by atoms with Crippen LogP contribution < -0.4 is 21.7 Å². The van der Waals surface area contributed by atoms with Crippen LogP contribution in [0.25, 0.3) is 0 Å². The van der Waals surface area contributed by atoms with Gasteiger partial charge in [-0.3, -0.25) is 25.1 Å². The standard InChI is InChI=1S/C24H31N5O4.2ClH/c1-15(2)21(27-14-20(30)31)24(33)29-19(12-16-6-4-3-5-7-16)23(32)28-13-17-8-10-18(11-9-17)22(25)26;;/h3-11,15,19,21,27H,12-14H2,1-2H3,(H3,25,26)(H,28,32)(H,29,33)(H,30,31);2*1H/t19-,21+;;/m0../s1. The van der Waals surface area contributed by atoms with Gasteiger partial charge in [-0.1, -0.05) is 68.4 Å². The van der Waals surface area contributed by atoms with Crippen molar-refractivity contribution >= 4 is 48.4 Å². The lowest BCUT2D eigenvalue weighted by Crippen LogP contribution is -2.55. The van der Waals surface area contributed by atoms with Crippen LogP contribution in [0.2, 0.25) is 0 Å². The van der Waals surface area contributed by atoms with Crippen molar-refractivity contribution in [3.8, 4) is 0 Å². The summed E-state index contributed by atoms with van der Waals surface area (Å²) in [5.41, 5.74) is 7.75. The quantitative estimate of drug-likeness (QED) is 0.183. The zero-order valence-electron chi connectivity index (χ0n) is 19.6. The van der Waals surface area contributed by atoms with Crippen LogP contribution in [0.5, 0.6) is 0 Å². The van der Waals surface area contributed by atoms with E-state index < -0.39 is 24.0 Å². The van der Waals surface area contributed by atoms with Crippen molar-refractivity contribution in [2.24, 2.45) is 11.7 Å². The lowest BCUT2D eigenvalue weighted by molar-refractivity contribution is -0.136. The number of rotatable bonds is 12. The molecule has 0 saturated heterocycles. The summed E-state index contributed by atoms with van der Waals surface area (Å²) in [4.78, 5) is 36.8. The fraction of sp³-hybridized carbons (Fsp3) is 0.333. The third kappa shape index (κ3) is 10.8. The van der Waals surface area contributed by atoms with Gasteiger partial charge < -0.3 is 21.5 Å². The summed E-state index contributed by atoms with van der Waals surface area (Å²) in [5, 5.41) is 24.7. The monoisotopic (exact) mass is 525 g/mol. The van der Waals surface area contributed by atoms with E-state index in [0.29, 0.717) is 5.56 Å². The Morgan fingerprint density at radius 1 is 0.943 bits per heavy atom. The Kier molecular flexibility index (Phi) is 14.3. The zero-order chi connectivity index (χ0) is 24.4. The smallest absolute Gasteiger partial charge is 0.317 e. The molecule has 0 aromatic heterocycles.